The number of nitriles is 1. The van der Waals surface area contributed by atoms with Crippen molar-refractivity contribution in [3.63, 3.8) is 0 Å². The number of morpholine rings is 1. The van der Waals surface area contributed by atoms with Gasteiger partial charge in [0.15, 0.2) is 11.9 Å². The first-order valence-corrected chi connectivity index (χ1v) is 5.61. The molecule has 0 bridgehead atoms. The van der Waals surface area contributed by atoms with Crippen molar-refractivity contribution in [2.24, 2.45) is 0 Å². The lowest BCUT2D eigenvalue weighted by molar-refractivity contribution is 0.00241. The van der Waals surface area contributed by atoms with E-state index in [2.05, 4.69) is 6.07 Å². The van der Waals surface area contributed by atoms with Crippen molar-refractivity contribution in [2.45, 2.75) is 6.10 Å². The second-order valence-corrected chi connectivity index (χ2v) is 4.01. The topological polar surface area (TPSA) is 53.3 Å². The highest BCUT2D eigenvalue weighted by molar-refractivity contribution is 5.97. The smallest absolute Gasteiger partial charge is 0.176 e. The van der Waals surface area contributed by atoms with Crippen LogP contribution in [0.1, 0.15) is 10.4 Å². The average molecular weight is 230 g/mol. The van der Waals surface area contributed by atoms with Gasteiger partial charge in [-0.05, 0) is 0 Å². The molecule has 1 aliphatic heterocycles. The van der Waals surface area contributed by atoms with Crippen molar-refractivity contribution in [2.75, 3.05) is 26.2 Å². The molecule has 1 atom stereocenters. The van der Waals surface area contributed by atoms with Crippen molar-refractivity contribution in [1.29, 1.82) is 5.26 Å². The number of hydrogen-bond donors (Lipinski definition) is 0. The summed E-state index contributed by atoms with van der Waals surface area (Å²) in [6, 6.07) is 11.3. The Kier molecular flexibility index (Phi) is 3.86. The highest BCUT2D eigenvalue weighted by Gasteiger charge is 2.21. The van der Waals surface area contributed by atoms with Crippen LogP contribution in [0.2, 0.25) is 0 Å². The maximum absolute atomic E-state index is 11.9. The van der Waals surface area contributed by atoms with E-state index in [1.165, 1.54) is 0 Å². The predicted molar refractivity (Wildman–Crippen MR) is 62.6 cm³/mol. The maximum atomic E-state index is 11.9. The standard InChI is InChI=1S/C13H14N2O2/c14-8-12-9-15(6-7-17-12)10-13(16)11-4-2-1-3-5-11/h1-5,12H,6-7,9-10H2. The third kappa shape index (κ3) is 3.13. The van der Waals surface area contributed by atoms with Crippen LogP contribution < -0.4 is 0 Å². The van der Waals surface area contributed by atoms with Gasteiger partial charge in [0.05, 0.1) is 19.2 Å². The summed E-state index contributed by atoms with van der Waals surface area (Å²) in [5.41, 5.74) is 0.715. The molecular formula is C13H14N2O2. The van der Waals surface area contributed by atoms with Crippen molar-refractivity contribution in [1.82, 2.24) is 4.90 Å². The fourth-order valence-corrected chi connectivity index (χ4v) is 1.84. The van der Waals surface area contributed by atoms with Gasteiger partial charge in [0, 0.05) is 18.7 Å². The number of hydrogen-bond acceptors (Lipinski definition) is 4. The largest absolute Gasteiger partial charge is 0.361 e. The Morgan fingerprint density at radius 3 is 2.94 bits per heavy atom. The Morgan fingerprint density at radius 1 is 1.47 bits per heavy atom. The summed E-state index contributed by atoms with van der Waals surface area (Å²) in [6.45, 7) is 2.08. The number of carbonyl (C=O) groups excluding carboxylic acids is 1. The molecule has 1 aromatic rings. The molecule has 1 unspecified atom stereocenters. The molecule has 0 N–H and O–H groups in total. The highest BCUT2D eigenvalue weighted by Crippen LogP contribution is 2.07. The van der Waals surface area contributed by atoms with E-state index in [0.717, 1.165) is 0 Å². The van der Waals surface area contributed by atoms with E-state index in [4.69, 9.17) is 10.00 Å². The van der Waals surface area contributed by atoms with Gasteiger partial charge < -0.3 is 4.74 Å². The molecule has 0 amide bonds. The average Bonchev–Trinajstić information content (AvgIpc) is 2.40. The lowest BCUT2D eigenvalue weighted by atomic mass is 10.1. The lowest BCUT2D eigenvalue weighted by Crippen LogP contribution is -2.44. The lowest BCUT2D eigenvalue weighted by Gasteiger charge is -2.28. The molecular weight excluding hydrogens is 216 g/mol. The SMILES string of the molecule is N#CC1CN(CC(=O)c2ccccc2)CCO1. The Balaban J connectivity index is 1.93. The number of benzene rings is 1. The van der Waals surface area contributed by atoms with Gasteiger partial charge in [0.2, 0.25) is 0 Å². The third-order valence-corrected chi connectivity index (χ3v) is 2.76. The second-order valence-electron chi connectivity index (χ2n) is 4.01. The minimum atomic E-state index is -0.410. The first-order chi connectivity index (χ1) is 8.29. The Labute approximate surface area is 100 Å². The van der Waals surface area contributed by atoms with Crippen LogP contribution in [-0.4, -0.2) is 43.0 Å². The number of carbonyl (C=O) groups is 1. The van der Waals surface area contributed by atoms with Crippen molar-refractivity contribution in [3.05, 3.63) is 35.9 Å². The zero-order chi connectivity index (χ0) is 12.1. The number of nitrogens with zero attached hydrogens (tertiary/aromatic N) is 2. The van der Waals surface area contributed by atoms with Gasteiger partial charge in [-0.15, -0.1) is 0 Å². The molecule has 1 fully saturated rings. The molecule has 1 saturated heterocycles. The van der Waals surface area contributed by atoms with E-state index in [9.17, 15) is 4.79 Å². The number of Topliss-reactive ketones (excluding diaryl/α,β-unsaturated/α-hetero) is 1. The first kappa shape index (κ1) is 11.8. The summed E-state index contributed by atoms with van der Waals surface area (Å²) in [5, 5.41) is 8.77. The first-order valence-electron chi connectivity index (χ1n) is 5.61. The number of ether oxygens (including phenoxy) is 1. The molecule has 0 aromatic heterocycles. The molecule has 1 aliphatic rings. The normalized spacial score (nSPS) is 20.8. The molecule has 1 heterocycles. The highest BCUT2D eigenvalue weighted by atomic mass is 16.5. The van der Waals surface area contributed by atoms with Gasteiger partial charge in [-0.3, -0.25) is 9.69 Å². The molecule has 0 radical (unpaired) electrons. The van der Waals surface area contributed by atoms with E-state index >= 15 is 0 Å². The minimum Gasteiger partial charge on any atom is -0.361 e. The molecule has 17 heavy (non-hydrogen) atoms. The van der Waals surface area contributed by atoms with Gasteiger partial charge in [0.1, 0.15) is 0 Å². The van der Waals surface area contributed by atoms with E-state index < -0.39 is 6.10 Å². The quantitative estimate of drug-likeness (QED) is 0.729. The van der Waals surface area contributed by atoms with Crippen LogP contribution in [0.5, 0.6) is 0 Å². The summed E-state index contributed by atoms with van der Waals surface area (Å²) in [4.78, 5) is 13.9. The second kappa shape index (κ2) is 5.58. The Bertz CT molecular complexity index is 425. The number of ketones is 1. The van der Waals surface area contributed by atoms with Gasteiger partial charge in [0.25, 0.3) is 0 Å². The molecule has 0 spiro atoms. The van der Waals surface area contributed by atoms with Gasteiger partial charge in [-0.1, -0.05) is 30.3 Å². The Hall–Kier alpha value is -1.70. The molecule has 2 rings (SSSR count). The van der Waals surface area contributed by atoms with Crippen LogP contribution in [0.25, 0.3) is 0 Å². The summed E-state index contributed by atoms with van der Waals surface area (Å²) in [7, 11) is 0. The van der Waals surface area contributed by atoms with E-state index in [1.807, 2.05) is 35.2 Å². The molecule has 4 nitrogen and oxygen atoms in total. The summed E-state index contributed by atoms with van der Waals surface area (Å²) >= 11 is 0. The zero-order valence-electron chi connectivity index (χ0n) is 9.50. The summed E-state index contributed by atoms with van der Waals surface area (Å²) in [6.07, 6.45) is -0.410. The van der Waals surface area contributed by atoms with Crippen molar-refractivity contribution in [3.8, 4) is 6.07 Å². The zero-order valence-corrected chi connectivity index (χ0v) is 9.50. The van der Waals surface area contributed by atoms with Crippen LogP contribution in [0.4, 0.5) is 0 Å². The monoisotopic (exact) mass is 230 g/mol. The summed E-state index contributed by atoms with van der Waals surface area (Å²) in [5.74, 6) is 0.0872. The van der Waals surface area contributed by atoms with Crippen molar-refractivity contribution < 1.29 is 9.53 Å². The van der Waals surface area contributed by atoms with Crippen LogP contribution >= 0.6 is 0 Å². The minimum absolute atomic E-state index is 0.0872. The third-order valence-electron chi connectivity index (χ3n) is 2.76. The molecule has 0 aliphatic carbocycles. The predicted octanol–water partition coefficient (Wildman–Crippen LogP) is 1.09. The van der Waals surface area contributed by atoms with Crippen molar-refractivity contribution >= 4 is 5.78 Å². The van der Waals surface area contributed by atoms with E-state index in [-0.39, 0.29) is 5.78 Å². The van der Waals surface area contributed by atoms with E-state index in [0.29, 0.717) is 31.8 Å². The van der Waals surface area contributed by atoms with E-state index in [1.54, 1.807) is 0 Å². The molecule has 0 saturated carbocycles. The maximum Gasteiger partial charge on any atom is 0.176 e. The Morgan fingerprint density at radius 2 is 2.24 bits per heavy atom. The van der Waals surface area contributed by atoms with Crippen LogP contribution in [0, 0.1) is 11.3 Å². The van der Waals surface area contributed by atoms with Crippen LogP contribution in [0.3, 0.4) is 0 Å². The summed E-state index contributed by atoms with van der Waals surface area (Å²) < 4.78 is 5.23. The van der Waals surface area contributed by atoms with Gasteiger partial charge >= 0.3 is 0 Å². The van der Waals surface area contributed by atoms with Gasteiger partial charge in [-0.25, -0.2) is 0 Å². The fourth-order valence-electron chi connectivity index (χ4n) is 1.84. The fraction of sp³-hybridized carbons (Fsp3) is 0.385. The van der Waals surface area contributed by atoms with Crippen LogP contribution in [0.15, 0.2) is 30.3 Å². The molecule has 1 aromatic carbocycles. The van der Waals surface area contributed by atoms with Gasteiger partial charge in [-0.2, -0.15) is 5.26 Å². The molecule has 88 valence electrons. The number of rotatable bonds is 3. The van der Waals surface area contributed by atoms with Crippen LogP contribution in [-0.2, 0) is 4.74 Å². The molecule has 4 heteroatoms.